The molecule has 5 rings (SSSR count). The summed E-state index contributed by atoms with van der Waals surface area (Å²) in [6, 6.07) is 14.7. The van der Waals surface area contributed by atoms with Crippen LogP contribution in [0.15, 0.2) is 60.5 Å². The third-order valence-electron chi connectivity index (χ3n) is 5.98. The van der Waals surface area contributed by atoms with E-state index in [2.05, 4.69) is 0 Å². The van der Waals surface area contributed by atoms with Crippen LogP contribution in [0.5, 0.6) is 17.2 Å². The van der Waals surface area contributed by atoms with E-state index in [4.69, 9.17) is 37.4 Å². The molecule has 0 radical (unpaired) electrons. The fourth-order valence-electron chi connectivity index (χ4n) is 4.13. The van der Waals surface area contributed by atoms with Crippen LogP contribution in [0.2, 0.25) is 10.0 Å². The monoisotopic (exact) mass is 493 g/mol. The van der Waals surface area contributed by atoms with Gasteiger partial charge in [0.15, 0.2) is 5.76 Å². The highest BCUT2D eigenvalue weighted by atomic mass is 35.5. The molecular formula is C27H21Cl2NO4. The fraction of sp³-hybridized carbons (Fsp3) is 0.148. The maximum atomic E-state index is 13.1. The topological polar surface area (TPSA) is 49.7 Å². The van der Waals surface area contributed by atoms with Crippen molar-refractivity contribution in [3.8, 4) is 17.2 Å². The summed E-state index contributed by atoms with van der Waals surface area (Å²) in [6.07, 6.45) is 3.74. The van der Waals surface area contributed by atoms with Crippen LogP contribution >= 0.6 is 23.2 Å². The van der Waals surface area contributed by atoms with Crippen molar-refractivity contribution in [3.05, 3.63) is 92.8 Å². The smallest absolute Gasteiger partial charge is 0.231 e. The number of allylic oxidation sites excluding steroid dienone is 1. The molecule has 7 heteroatoms. The number of aromatic nitrogens is 1. The molecule has 0 saturated heterocycles. The second-order valence-electron chi connectivity index (χ2n) is 8.07. The van der Waals surface area contributed by atoms with Gasteiger partial charge in [0.2, 0.25) is 5.78 Å². The number of carbonyl (C=O) groups is 1. The third-order valence-corrected chi connectivity index (χ3v) is 6.69. The Kier molecular flexibility index (Phi) is 5.76. The van der Waals surface area contributed by atoms with E-state index in [9.17, 15) is 4.79 Å². The summed E-state index contributed by atoms with van der Waals surface area (Å²) in [5.41, 5.74) is 3.84. The number of halogens is 2. The van der Waals surface area contributed by atoms with Gasteiger partial charge in [0.1, 0.15) is 23.9 Å². The summed E-state index contributed by atoms with van der Waals surface area (Å²) in [4.78, 5) is 13.1. The van der Waals surface area contributed by atoms with E-state index in [1.165, 1.54) is 0 Å². The number of hydrogen-bond acceptors (Lipinski definition) is 4. The molecule has 3 aromatic carbocycles. The molecule has 0 saturated carbocycles. The number of benzene rings is 3. The zero-order valence-electron chi connectivity index (χ0n) is 18.8. The van der Waals surface area contributed by atoms with Crippen molar-refractivity contribution in [2.45, 2.75) is 13.5 Å². The number of Topliss-reactive ketones (excluding diaryl/α,β-unsaturated/α-hetero) is 1. The molecule has 0 atom stereocenters. The van der Waals surface area contributed by atoms with Crippen molar-refractivity contribution in [2.75, 3.05) is 7.11 Å². The largest absolute Gasteiger partial charge is 0.497 e. The van der Waals surface area contributed by atoms with Crippen LogP contribution in [0.1, 0.15) is 27.0 Å². The molecule has 1 aliphatic rings. The number of nitrogens with zero attached hydrogens (tertiary/aromatic N) is 1. The SMILES string of the molecule is COc1ccc2c(c1)c(/C=C1\Oc3c(ccc(OCc4c(Cl)cccc4Cl)c3C)C1=O)cn2C. The number of fused-ring (bicyclic) bond motifs is 2. The number of ketones is 1. The van der Waals surface area contributed by atoms with Gasteiger partial charge in [-0.25, -0.2) is 0 Å². The molecule has 0 N–H and O–H groups in total. The van der Waals surface area contributed by atoms with Crippen molar-refractivity contribution in [2.24, 2.45) is 7.05 Å². The normalized spacial score (nSPS) is 13.9. The lowest BCUT2D eigenvalue weighted by Crippen LogP contribution is -2.00. The van der Waals surface area contributed by atoms with E-state index in [-0.39, 0.29) is 18.1 Å². The molecule has 0 spiro atoms. The first-order valence-corrected chi connectivity index (χ1v) is 11.4. The number of aryl methyl sites for hydroxylation is 1. The summed E-state index contributed by atoms with van der Waals surface area (Å²) in [7, 11) is 3.59. The number of rotatable bonds is 5. The predicted molar refractivity (Wildman–Crippen MR) is 134 cm³/mol. The van der Waals surface area contributed by atoms with E-state index >= 15 is 0 Å². The Bertz CT molecular complexity index is 1470. The molecule has 0 fully saturated rings. The van der Waals surface area contributed by atoms with Crippen LogP contribution in [-0.2, 0) is 13.7 Å². The second kappa shape index (κ2) is 8.75. The van der Waals surface area contributed by atoms with E-state index < -0.39 is 0 Å². The van der Waals surface area contributed by atoms with Crippen LogP contribution in [0, 0.1) is 6.92 Å². The molecule has 2 heterocycles. The van der Waals surface area contributed by atoms with Crippen LogP contribution in [0.25, 0.3) is 17.0 Å². The van der Waals surface area contributed by atoms with Gasteiger partial charge in [-0.3, -0.25) is 4.79 Å². The Balaban J connectivity index is 1.46. The third kappa shape index (κ3) is 3.81. The van der Waals surface area contributed by atoms with Crippen LogP contribution in [0.3, 0.4) is 0 Å². The van der Waals surface area contributed by atoms with Crippen molar-refractivity contribution < 1.29 is 19.0 Å². The van der Waals surface area contributed by atoms with Gasteiger partial charge in [-0.05, 0) is 55.5 Å². The van der Waals surface area contributed by atoms with Crippen LogP contribution < -0.4 is 14.2 Å². The summed E-state index contributed by atoms with van der Waals surface area (Å²) < 4.78 is 19.4. The lowest BCUT2D eigenvalue weighted by Gasteiger charge is -2.13. The summed E-state index contributed by atoms with van der Waals surface area (Å²) in [5.74, 6) is 1.94. The Morgan fingerprint density at radius 1 is 1.09 bits per heavy atom. The molecule has 1 aromatic heterocycles. The molecule has 4 aromatic rings. The molecule has 5 nitrogen and oxygen atoms in total. The molecular weight excluding hydrogens is 473 g/mol. The molecule has 1 aliphatic heterocycles. The van der Waals surface area contributed by atoms with Gasteiger partial charge in [0, 0.05) is 50.9 Å². The van der Waals surface area contributed by atoms with Crippen molar-refractivity contribution in [1.29, 1.82) is 0 Å². The highest BCUT2D eigenvalue weighted by Crippen LogP contribution is 2.40. The number of methoxy groups -OCH3 is 1. The van der Waals surface area contributed by atoms with Crippen LogP contribution in [-0.4, -0.2) is 17.5 Å². The fourth-order valence-corrected chi connectivity index (χ4v) is 4.64. The number of ether oxygens (including phenoxy) is 3. The molecule has 34 heavy (non-hydrogen) atoms. The zero-order chi connectivity index (χ0) is 24.0. The van der Waals surface area contributed by atoms with Crippen LogP contribution in [0.4, 0.5) is 0 Å². The number of hydrogen-bond donors (Lipinski definition) is 0. The average Bonchev–Trinajstić information content (AvgIpc) is 3.31. The maximum Gasteiger partial charge on any atom is 0.231 e. The van der Waals surface area contributed by atoms with Gasteiger partial charge >= 0.3 is 0 Å². The molecule has 0 unspecified atom stereocenters. The number of carbonyl (C=O) groups excluding carboxylic acids is 1. The first-order valence-electron chi connectivity index (χ1n) is 10.6. The van der Waals surface area contributed by atoms with E-state index in [1.54, 1.807) is 43.5 Å². The Hall–Kier alpha value is -3.41. The Morgan fingerprint density at radius 2 is 1.85 bits per heavy atom. The van der Waals surface area contributed by atoms with Gasteiger partial charge in [-0.2, -0.15) is 0 Å². The standard InChI is InChI=1S/C27H21Cl2NO4/c1-15-24(33-14-20-21(28)5-4-6-22(20)29)10-8-18-26(31)25(34-27(15)18)11-16-13-30(2)23-9-7-17(32-3)12-19(16)23/h4-13H,14H2,1-3H3/b25-11-. The zero-order valence-corrected chi connectivity index (χ0v) is 20.3. The Morgan fingerprint density at radius 3 is 2.59 bits per heavy atom. The average molecular weight is 494 g/mol. The quantitative estimate of drug-likeness (QED) is 0.281. The van der Waals surface area contributed by atoms with Gasteiger partial charge in [-0.15, -0.1) is 0 Å². The second-order valence-corrected chi connectivity index (χ2v) is 8.89. The minimum Gasteiger partial charge on any atom is -0.497 e. The first-order chi connectivity index (χ1) is 16.4. The summed E-state index contributed by atoms with van der Waals surface area (Å²) in [5, 5.41) is 2.04. The maximum absolute atomic E-state index is 13.1. The minimum absolute atomic E-state index is 0.168. The summed E-state index contributed by atoms with van der Waals surface area (Å²) >= 11 is 12.5. The van der Waals surface area contributed by atoms with Gasteiger partial charge in [-0.1, -0.05) is 29.3 Å². The summed E-state index contributed by atoms with van der Waals surface area (Å²) in [6.45, 7) is 2.06. The molecule has 0 bridgehead atoms. The molecule has 0 amide bonds. The van der Waals surface area contributed by atoms with Crippen molar-refractivity contribution >= 4 is 46.0 Å². The lowest BCUT2D eigenvalue weighted by molar-refractivity contribution is 0.101. The first kappa shape index (κ1) is 22.4. The highest BCUT2D eigenvalue weighted by molar-refractivity contribution is 6.35. The van der Waals surface area contributed by atoms with E-state index in [1.807, 2.05) is 42.9 Å². The Labute approximate surface area is 207 Å². The molecule has 172 valence electrons. The van der Waals surface area contributed by atoms with E-state index in [0.29, 0.717) is 32.7 Å². The van der Waals surface area contributed by atoms with Gasteiger partial charge in [0.25, 0.3) is 0 Å². The van der Waals surface area contributed by atoms with Crippen molar-refractivity contribution in [3.63, 3.8) is 0 Å². The highest BCUT2D eigenvalue weighted by Gasteiger charge is 2.30. The van der Waals surface area contributed by atoms with Crippen molar-refractivity contribution in [1.82, 2.24) is 4.57 Å². The van der Waals surface area contributed by atoms with E-state index in [0.717, 1.165) is 27.8 Å². The van der Waals surface area contributed by atoms with Gasteiger partial charge < -0.3 is 18.8 Å². The lowest BCUT2D eigenvalue weighted by atomic mass is 10.1. The molecule has 0 aliphatic carbocycles. The predicted octanol–water partition coefficient (Wildman–Crippen LogP) is 7.00. The van der Waals surface area contributed by atoms with Gasteiger partial charge in [0.05, 0.1) is 12.7 Å². The minimum atomic E-state index is -0.168.